The Bertz CT molecular complexity index is 397. The summed E-state index contributed by atoms with van der Waals surface area (Å²) in [4.78, 5) is 0. The lowest BCUT2D eigenvalue weighted by Gasteiger charge is -2.06. The Morgan fingerprint density at radius 2 is 1.79 bits per heavy atom. The van der Waals surface area contributed by atoms with E-state index in [1.54, 1.807) is 0 Å². The van der Waals surface area contributed by atoms with Gasteiger partial charge in [0.2, 0.25) is 5.50 Å². The molecule has 78 valence electrons. The number of sulfone groups is 1. The molecule has 0 aliphatic rings. The average molecular weight is 218 g/mol. The zero-order valence-corrected chi connectivity index (χ0v) is 8.71. The smallest absolute Gasteiger partial charge is 0.225 e. The van der Waals surface area contributed by atoms with Gasteiger partial charge >= 0.3 is 0 Å². The maximum Gasteiger partial charge on any atom is 0.225 e. The van der Waals surface area contributed by atoms with Crippen molar-refractivity contribution in [2.75, 3.05) is 13.4 Å². The molecule has 0 fully saturated rings. The topological polar surface area (TPSA) is 43.4 Å². The van der Waals surface area contributed by atoms with E-state index in [1.165, 1.54) is 31.4 Å². The van der Waals surface area contributed by atoms with E-state index in [2.05, 4.69) is 0 Å². The summed E-state index contributed by atoms with van der Waals surface area (Å²) in [6.45, 7) is 0. The minimum absolute atomic E-state index is 0.119. The van der Waals surface area contributed by atoms with E-state index in [9.17, 15) is 12.8 Å². The zero-order chi connectivity index (χ0) is 10.8. The van der Waals surface area contributed by atoms with Gasteiger partial charge in [0.05, 0.1) is 7.11 Å². The minimum atomic E-state index is -3.68. The Balaban J connectivity index is 2.98. The van der Waals surface area contributed by atoms with Crippen LogP contribution >= 0.6 is 0 Å². The van der Waals surface area contributed by atoms with E-state index < -0.39 is 15.3 Å². The molecule has 0 amide bonds. The van der Waals surface area contributed by atoms with Crippen LogP contribution in [0.1, 0.15) is 11.1 Å². The molecule has 1 atom stereocenters. The largest absolute Gasteiger partial charge is 0.497 e. The third-order valence-electron chi connectivity index (χ3n) is 1.75. The lowest BCUT2D eigenvalue weighted by atomic mass is 10.2. The van der Waals surface area contributed by atoms with Crippen LogP contribution in [-0.2, 0) is 9.84 Å². The molecule has 1 rings (SSSR count). The van der Waals surface area contributed by atoms with E-state index >= 15 is 0 Å². The lowest BCUT2D eigenvalue weighted by Crippen LogP contribution is -2.05. The lowest BCUT2D eigenvalue weighted by molar-refractivity contribution is 0.412. The van der Waals surface area contributed by atoms with Crippen molar-refractivity contribution < 1.29 is 17.5 Å². The van der Waals surface area contributed by atoms with Gasteiger partial charge in [0, 0.05) is 11.8 Å². The molecule has 0 saturated carbocycles. The fourth-order valence-electron chi connectivity index (χ4n) is 1.00. The molecule has 1 aromatic rings. The van der Waals surface area contributed by atoms with Crippen molar-refractivity contribution in [1.82, 2.24) is 0 Å². The van der Waals surface area contributed by atoms with Crippen molar-refractivity contribution in [3.63, 3.8) is 0 Å². The van der Waals surface area contributed by atoms with Crippen molar-refractivity contribution in [3.8, 4) is 5.75 Å². The Morgan fingerprint density at radius 3 is 2.14 bits per heavy atom. The highest BCUT2D eigenvalue weighted by atomic mass is 32.2. The van der Waals surface area contributed by atoms with Crippen LogP contribution in [0, 0.1) is 0 Å². The first-order valence-electron chi connectivity index (χ1n) is 3.92. The van der Waals surface area contributed by atoms with Gasteiger partial charge in [0.25, 0.3) is 0 Å². The molecule has 3 nitrogen and oxygen atoms in total. The van der Waals surface area contributed by atoms with Gasteiger partial charge in [-0.3, -0.25) is 0 Å². The number of benzene rings is 1. The highest BCUT2D eigenvalue weighted by molar-refractivity contribution is 7.90. The summed E-state index contributed by atoms with van der Waals surface area (Å²) in [5.74, 6) is 0.564. The molecule has 0 aliphatic carbocycles. The normalized spacial score (nSPS) is 13.6. The number of hydrogen-bond acceptors (Lipinski definition) is 3. The van der Waals surface area contributed by atoms with Crippen molar-refractivity contribution in [3.05, 3.63) is 29.8 Å². The van der Waals surface area contributed by atoms with Gasteiger partial charge in [-0.05, 0) is 12.1 Å². The third kappa shape index (κ3) is 2.45. The molecule has 0 bridgehead atoms. The predicted octanol–water partition coefficient (Wildman–Crippen LogP) is 1.71. The van der Waals surface area contributed by atoms with Gasteiger partial charge < -0.3 is 4.74 Å². The molecule has 0 aromatic heterocycles. The highest BCUT2D eigenvalue weighted by Crippen LogP contribution is 2.24. The van der Waals surface area contributed by atoms with Crippen molar-refractivity contribution in [1.29, 1.82) is 0 Å². The van der Waals surface area contributed by atoms with Crippen LogP contribution < -0.4 is 4.74 Å². The predicted molar refractivity (Wildman–Crippen MR) is 51.7 cm³/mol. The van der Waals surface area contributed by atoms with E-state index in [0.717, 1.165) is 6.26 Å². The number of methoxy groups -OCH3 is 1. The standard InChI is InChI=1S/C9H11FO3S/c1-13-8-5-3-7(4-6-8)9(10)14(2,11)12/h3-6,9H,1-2H3. The Hall–Kier alpha value is -1.10. The molecule has 1 unspecified atom stereocenters. The van der Waals surface area contributed by atoms with Crippen molar-refractivity contribution in [2.45, 2.75) is 5.50 Å². The summed E-state index contributed by atoms with van der Waals surface area (Å²) >= 11 is 0. The SMILES string of the molecule is COc1ccc(C(F)S(C)(=O)=O)cc1. The van der Waals surface area contributed by atoms with E-state index in [-0.39, 0.29) is 5.56 Å². The molecule has 0 spiro atoms. The molecular weight excluding hydrogens is 207 g/mol. The average Bonchev–Trinajstić information content (AvgIpc) is 2.15. The van der Waals surface area contributed by atoms with Crippen LogP contribution in [-0.4, -0.2) is 21.8 Å². The highest BCUT2D eigenvalue weighted by Gasteiger charge is 2.21. The van der Waals surface area contributed by atoms with Crippen LogP contribution in [0.3, 0.4) is 0 Å². The van der Waals surface area contributed by atoms with Gasteiger partial charge in [-0.2, -0.15) is 0 Å². The maximum atomic E-state index is 13.2. The summed E-state index contributed by atoms with van der Waals surface area (Å²) in [5, 5.41) is 0. The molecule has 0 radical (unpaired) electrons. The van der Waals surface area contributed by atoms with Crippen LogP contribution in [0.25, 0.3) is 0 Å². The molecule has 5 heteroatoms. The van der Waals surface area contributed by atoms with E-state index in [4.69, 9.17) is 4.74 Å². The second-order valence-electron chi connectivity index (χ2n) is 2.92. The fourth-order valence-corrected chi connectivity index (χ4v) is 1.65. The summed E-state index contributed by atoms with van der Waals surface area (Å²) in [6.07, 6.45) is 0.863. The minimum Gasteiger partial charge on any atom is -0.497 e. The first-order valence-corrected chi connectivity index (χ1v) is 5.87. The quantitative estimate of drug-likeness (QED) is 0.775. The molecular formula is C9H11FO3S. The van der Waals surface area contributed by atoms with E-state index in [0.29, 0.717) is 5.75 Å². The van der Waals surface area contributed by atoms with Gasteiger partial charge in [0.1, 0.15) is 5.75 Å². The first-order chi connectivity index (χ1) is 6.45. The fraction of sp³-hybridized carbons (Fsp3) is 0.333. The maximum absolute atomic E-state index is 13.2. The number of ether oxygens (including phenoxy) is 1. The van der Waals surface area contributed by atoms with Gasteiger partial charge in [0.15, 0.2) is 9.84 Å². The summed E-state index contributed by atoms with van der Waals surface area (Å²) in [6, 6.07) is 5.83. The summed E-state index contributed by atoms with van der Waals surface area (Å²) in [7, 11) is -2.20. The monoisotopic (exact) mass is 218 g/mol. The number of halogens is 1. The van der Waals surface area contributed by atoms with E-state index in [1.807, 2.05) is 0 Å². The molecule has 0 aliphatic heterocycles. The summed E-state index contributed by atoms with van der Waals surface area (Å²) < 4.78 is 39.9. The summed E-state index contributed by atoms with van der Waals surface area (Å²) in [5.41, 5.74) is -1.85. The van der Waals surface area contributed by atoms with Crippen LogP contribution in [0.15, 0.2) is 24.3 Å². The van der Waals surface area contributed by atoms with Crippen LogP contribution in [0.4, 0.5) is 4.39 Å². The van der Waals surface area contributed by atoms with Crippen LogP contribution in [0.2, 0.25) is 0 Å². The number of hydrogen-bond donors (Lipinski definition) is 0. The number of alkyl halides is 1. The Kier molecular flexibility index (Phi) is 3.10. The van der Waals surface area contributed by atoms with Gasteiger partial charge in [-0.25, -0.2) is 12.8 Å². The molecule has 0 saturated heterocycles. The van der Waals surface area contributed by atoms with Gasteiger partial charge in [-0.15, -0.1) is 0 Å². The molecule has 0 heterocycles. The molecule has 0 N–H and O–H groups in total. The van der Waals surface area contributed by atoms with Gasteiger partial charge in [-0.1, -0.05) is 12.1 Å². The Morgan fingerprint density at radius 1 is 1.29 bits per heavy atom. The Labute approximate surface area is 82.4 Å². The van der Waals surface area contributed by atoms with Crippen molar-refractivity contribution in [2.24, 2.45) is 0 Å². The zero-order valence-electron chi connectivity index (χ0n) is 7.90. The molecule has 1 aromatic carbocycles. The van der Waals surface area contributed by atoms with Crippen LogP contribution in [0.5, 0.6) is 5.75 Å². The second kappa shape index (κ2) is 3.96. The number of rotatable bonds is 3. The molecule has 14 heavy (non-hydrogen) atoms. The first kappa shape index (κ1) is 11.0. The second-order valence-corrected chi connectivity index (χ2v) is 4.99. The van der Waals surface area contributed by atoms with Crippen molar-refractivity contribution >= 4 is 9.84 Å². The third-order valence-corrected chi connectivity index (χ3v) is 2.78.